The minimum Gasteiger partial charge on any atom is -0.292 e. The molecule has 0 bridgehead atoms. The Morgan fingerprint density at radius 3 is 2.39 bits per heavy atom. The molecule has 6 nitrogen and oxygen atoms in total. The van der Waals surface area contributed by atoms with Gasteiger partial charge >= 0.3 is 0 Å². The lowest BCUT2D eigenvalue weighted by atomic mass is 9.78. The number of nitrogens with zero attached hydrogens (tertiary/aromatic N) is 2. The van der Waals surface area contributed by atoms with Gasteiger partial charge in [-0.05, 0) is 37.5 Å². The number of amides is 3. The van der Waals surface area contributed by atoms with Gasteiger partial charge in [0.25, 0.3) is 17.7 Å². The van der Waals surface area contributed by atoms with Crippen LogP contribution in [0, 0.1) is 24.7 Å². The Kier molecular flexibility index (Phi) is 6.41. The van der Waals surface area contributed by atoms with E-state index in [1.807, 2.05) is 26.0 Å². The number of imide groups is 1. The summed E-state index contributed by atoms with van der Waals surface area (Å²) in [5, 5.41) is 2.16. The van der Waals surface area contributed by atoms with E-state index in [9.17, 15) is 19.2 Å². The van der Waals surface area contributed by atoms with Crippen molar-refractivity contribution >= 4 is 46.7 Å². The lowest BCUT2D eigenvalue weighted by Crippen LogP contribution is -2.52. The average Bonchev–Trinajstić information content (AvgIpc) is 3.03. The van der Waals surface area contributed by atoms with Crippen LogP contribution in [-0.4, -0.2) is 40.1 Å². The molecule has 4 rings (SSSR count). The minimum absolute atomic E-state index is 0.0411. The van der Waals surface area contributed by atoms with Crippen LogP contribution in [0.4, 0.5) is 0 Å². The quantitative estimate of drug-likeness (QED) is 0.349. The van der Waals surface area contributed by atoms with Gasteiger partial charge in [-0.3, -0.25) is 19.2 Å². The number of hydrazine groups is 1. The Hall–Kier alpha value is -2.96. The lowest BCUT2D eigenvalue weighted by Gasteiger charge is -2.30. The number of hydrogen-bond acceptors (Lipinski definition) is 4. The summed E-state index contributed by atoms with van der Waals surface area (Å²) in [5.41, 5.74) is 1.38. The third-order valence-electron chi connectivity index (χ3n) is 6.15. The first kappa shape index (κ1) is 23.2. The fourth-order valence-electron chi connectivity index (χ4n) is 4.37. The zero-order valence-corrected chi connectivity index (χ0v) is 19.6. The van der Waals surface area contributed by atoms with Gasteiger partial charge in [0.1, 0.15) is 6.54 Å². The smallest absolute Gasteiger partial charge is 0.274 e. The highest BCUT2D eigenvalue weighted by molar-refractivity contribution is 6.36. The van der Waals surface area contributed by atoms with Gasteiger partial charge < -0.3 is 0 Å². The normalized spacial score (nSPS) is 21.8. The number of allylic oxidation sites excluding steroid dienone is 2. The molecule has 1 aliphatic carbocycles. The van der Waals surface area contributed by atoms with Crippen molar-refractivity contribution in [3.05, 3.63) is 81.4 Å². The fourth-order valence-corrected chi connectivity index (χ4v) is 4.86. The zero-order valence-electron chi connectivity index (χ0n) is 18.1. The maximum atomic E-state index is 13.5. The molecule has 0 N–H and O–H groups in total. The number of rotatable bonds is 5. The van der Waals surface area contributed by atoms with Crippen molar-refractivity contribution in [1.82, 2.24) is 10.0 Å². The van der Waals surface area contributed by atoms with Gasteiger partial charge in [0.2, 0.25) is 0 Å². The molecule has 0 aromatic heterocycles. The number of benzene rings is 2. The van der Waals surface area contributed by atoms with Crippen LogP contribution in [-0.2, 0) is 9.59 Å². The number of fused-ring (bicyclic) bond motifs is 1. The summed E-state index contributed by atoms with van der Waals surface area (Å²) >= 11 is 12.2. The van der Waals surface area contributed by atoms with Crippen LogP contribution in [0.25, 0.3) is 0 Å². The molecule has 2 aliphatic rings. The molecule has 0 spiro atoms. The number of aryl methyl sites for hydroxylation is 1. The second-order valence-electron chi connectivity index (χ2n) is 8.42. The van der Waals surface area contributed by atoms with Gasteiger partial charge in [0.05, 0.1) is 22.4 Å². The standard InChI is InChI=1S/C25H22Cl2N2O4/c1-14-6-8-16(9-7-14)21(30)13-28(23(31)18-11-10-17(26)12-20(18)27)29-24(32)19-5-3-4-15(2)22(19)25(29)33/h3-4,6-12,15,19,22H,5,13H2,1-2H3/t15-,19-,22+/m1/s1. The number of carbonyl (C=O) groups is 4. The summed E-state index contributed by atoms with van der Waals surface area (Å²) < 4.78 is 0. The Labute approximate surface area is 201 Å². The van der Waals surface area contributed by atoms with E-state index in [1.165, 1.54) is 18.2 Å². The SMILES string of the molecule is Cc1ccc(C(=O)CN(C(=O)c2ccc(Cl)cc2Cl)N2C(=O)[C@H]3[C@H](C)C=CC[C@H]3C2=O)cc1. The van der Waals surface area contributed by atoms with Crippen LogP contribution >= 0.6 is 23.2 Å². The first-order chi connectivity index (χ1) is 15.7. The number of halogens is 2. The maximum absolute atomic E-state index is 13.5. The van der Waals surface area contributed by atoms with E-state index in [0.717, 1.165) is 15.6 Å². The fraction of sp³-hybridized carbons (Fsp3) is 0.280. The van der Waals surface area contributed by atoms with Crippen molar-refractivity contribution < 1.29 is 19.2 Å². The summed E-state index contributed by atoms with van der Waals surface area (Å²) in [6.07, 6.45) is 4.18. The molecule has 3 atom stereocenters. The molecule has 170 valence electrons. The predicted molar refractivity (Wildman–Crippen MR) is 125 cm³/mol. The molecule has 3 amide bonds. The van der Waals surface area contributed by atoms with Crippen molar-refractivity contribution in [1.29, 1.82) is 0 Å². The number of hydrogen-bond donors (Lipinski definition) is 0. The monoisotopic (exact) mass is 484 g/mol. The van der Waals surface area contributed by atoms with E-state index < -0.39 is 41.9 Å². The van der Waals surface area contributed by atoms with Crippen LogP contribution in [0.2, 0.25) is 10.0 Å². The zero-order chi connectivity index (χ0) is 23.9. The third kappa shape index (κ3) is 4.33. The molecule has 0 radical (unpaired) electrons. The van der Waals surface area contributed by atoms with Crippen LogP contribution in [0.3, 0.4) is 0 Å². The van der Waals surface area contributed by atoms with Crippen molar-refractivity contribution in [3.63, 3.8) is 0 Å². The maximum Gasteiger partial charge on any atom is 0.274 e. The Bertz CT molecular complexity index is 1180. The molecule has 2 aromatic rings. The summed E-state index contributed by atoms with van der Waals surface area (Å²) in [6, 6.07) is 11.2. The number of carbonyl (C=O) groups excluding carboxylic acids is 4. The third-order valence-corrected chi connectivity index (χ3v) is 6.70. The van der Waals surface area contributed by atoms with Crippen LogP contribution in [0.1, 0.15) is 39.6 Å². The molecule has 0 unspecified atom stereocenters. The highest BCUT2D eigenvalue weighted by Crippen LogP contribution is 2.39. The second-order valence-corrected chi connectivity index (χ2v) is 9.26. The van der Waals surface area contributed by atoms with Crippen molar-refractivity contribution in [2.24, 2.45) is 17.8 Å². The first-order valence-electron chi connectivity index (χ1n) is 10.6. The number of Topliss-reactive ketones (excluding diaryl/α,β-unsaturated/α-hetero) is 1. The topological polar surface area (TPSA) is 74.8 Å². The van der Waals surface area contributed by atoms with Crippen molar-refractivity contribution in [3.8, 4) is 0 Å². The lowest BCUT2D eigenvalue weighted by molar-refractivity contribution is -0.154. The molecular formula is C25H22Cl2N2O4. The molecule has 1 fully saturated rings. The molecule has 1 aliphatic heterocycles. The van der Waals surface area contributed by atoms with Crippen LogP contribution in [0.15, 0.2) is 54.6 Å². The predicted octanol–water partition coefficient (Wildman–Crippen LogP) is 4.74. The van der Waals surface area contributed by atoms with Gasteiger partial charge in [0.15, 0.2) is 5.78 Å². The van der Waals surface area contributed by atoms with E-state index in [1.54, 1.807) is 24.3 Å². The van der Waals surface area contributed by atoms with E-state index in [4.69, 9.17) is 23.2 Å². The largest absolute Gasteiger partial charge is 0.292 e. The molecule has 33 heavy (non-hydrogen) atoms. The highest BCUT2D eigenvalue weighted by Gasteiger charge is 2.53. The summed E-state index contributed by atoms with van der Waals surface area (Å²) in [4.78, 5) is 53.3. The van der Waals surface area contributed by atoms with E-state index in [2.05, 4.69) is 0 Å². The summed E-state index contributed by atoms with van der Waals surface area (Å²) in [6.45, 7) is 3.27. The van der Waals surface area contributed by atoms with Crippen molar-refractivity contribution in [2.75, 3.05) is 6.54 Å². The molecule has 8 heteroatoms. The van der Waals surface area contributed by atoms with Crippen molar-refractivity contribution in [2.45, 2.75) is 20.3 Å². The molecule has 1 saturated heterocycles. The summed E-state index contributed by atoms with van der Waals surface area (Å²) in [7, 11) is 0. The minimum atomic E-state index is -0.724. The Morgan fingerprint density at radius 2 is 1.76 bits per heavy atom. The molecule has 0 saturated carbocycles. The molecular weight excluding hydrogens is 463 g/mol. The second kappa shape index (κ2) is 9.12. The van der Waals surface area contributed by atoms with E-state index in [0.29, 0.717) is 17.0 Å². The first-order valence-corrected chi connectivity index (χ1v) is 11.4. The Morgan fingerprint density at radius 1 is 1.06 bits per heavy atom. The average molecular weight is 485 g/mol. The van der Waals surface area contributed by atoms with E-state index >= 15 is 0 Å². The van der Waals surface area contributed by atoms with E-state index in [-0.39, 0.29) is 16.5 Å². The van der Waals surface area contributed by atoms with Gasteiger partial charge in [0, 0.05) is 10.6 Å². The molecule has 1 heterocycles. The van der Waals surface area contributed by atoms with Gasteiger partial charge in [-0.15, -0.1) is 0 Å². The van der Waals surface area contributed by atoms with Crippen LogP contribution in [0.5, 0.6) is 0 Å². The summed E-state index contributed by atoms with van der Waals surface area (Å²) in [5.74, 6) is -3.41. The van der Waals surface area contributed by atoms with Gasteiger partial charge in [-0.1, -0.05) is 72.1 Å². The Balaban J connectivity index is 1.73. The van der Waals surface area contributed by atoms with Gasteiger partial charge in [-0.2, -0.15) is 5.01 Å². The highest BCUT2D eigenvalue weighted by atomic mass is 35.5. The van der Waals surface area contributed by atoms with Gasteiger partial charge in [-0.25, -0.2) is 5.01 Å². The van der Waals surface area contributed by atoms with Crippen LogP contribution < -0.4 is 0 Å². The molecule has 2 aromatic carbocycles. The number of ketones is 1.